The fourth-order valence-corrected chi connectivity index (χ4v) is 3.89. The fraction of sp³-hybridized carbons (Fsp3) is 0.600. The molecule has 1 saturated carbocycles. The first-order valence-corrected chi connectivity index (χ1v) is 8.29. The first-order chi connectivity index (χ1) is 10.1. The van der Waals surface area contributed by atoms with Gasteiger partial charge in [0.15, 0.2) is 6.04 Å². The first-order valence-electron chi connectivity index (χ1n) is 7.41. The van der Waals surface area contributed by atoms with E-state index < -0.39 is 12.0 Å². The van der Waals surface area contributed by atoms with Gasteiger partial charge in [0.2, 0.25) is 0 Å². The molecule has 2 atom stereocenters. The molecule has 3 rings (SSSR count). The summed E-state index contributed by atoms with van der Waals surface area (Å²) in [4.78, 5) is 26.5. The Balaban J connectivity index is 1.68. The van der Waals surface area contributed by atoms with Gasteiger partial charge in [-0.2, -0.15) is 0 Å². The van der Waals surface area contributed by atoms with Crippen LogP contribution in [0.15, 0.2) is 11.4 Å². The molecule has 21 heavy (non-hydrogen) atoms. The SMILES string of the molecule is CC(CNC(=O)N1CCc2sccc2C1C(=O)O)C1CC1. The highest BCUT2D eigenvalue weighted by atomic mass is 32.1. The highest BCUT2D eigenvalue weighted by Gasteiger charge is 2.37. The van der Waals surface area contributed by atoms with Gasteiger partial charge < -0.3 is 15.3 Å². The van der Waals surface area contributed by atoms with E-state index in [2.05, 4.69) is 12.2 Å². The van der Waals surface area contributed by atoms with Gasteiger partial charge in [-0.15, -0.1) is 11.3 Å². The quantitative estimate of drug-likeness (QED) is 0.898. The lowest BCUT2D eigenvalue weighted by molar-refractivity contribution is -0.142. The molecule has 0 saturated heterocycles. The largest absolute Gasteiger partial charge is 0.479 e. The molecule has 5 nitrogen and oxygen atoms in total. The zero-order valence-corrected chi connectivity index (χ0v) is 12.9. The van der Waals surface area contributed by atoms with Crippen molar-refractivity contribution in [2.45, 2.75) is 32.2 Å². The number of urea groups is 1. The summed E-state index contributed by atoms with van der Waals surface area (Å²) in [5.74, 6) is 0.240. The highest BCUT2D eigenvalue weighted by molar-refractivity contribution is 7.10. The maximum Gasteiger partial charge on any atom is 0.331 e. The number of nitrogens with one attached hydrogen (secondary N) is 1. The number of carboxylic acids is 1. The van der Waals surface area contributed by atoms with Crippen molar-refractivity contribution >= 4 is 23.3 Å². The molecule has 1 aliphatic heterocycles. The first kappa shape index (κ1) is 14.4. The van der Waals surface area contributed by atoms with Gasteiger partial charge in [-0.1, -0.05) is 6.92 Å². The van der Waals surface area contributed by atoms with Crippen LogP contribution >= 0.6 is 11.3 Å². The Kier molecular flexibility index (Phi) is 3.89. The second-order valence-electron chi connectivity index (χ2n) is 5.98. The lowest BCUT2D eigenvalue weighted by atomic mass is 10.0. The van der Waals surface area contributed by atoms with Crippen molar-refractivity contribution in [2.24, 2.45) is 11.8 Å². The fourth-order valence-electron chi connectivity index (χ4n) is 2.98. The molecule has 2 unspecified atom stereocenters. The second kappa shape index (κ2) is 5.67. The van der Waals surface area contributed by atoms with E-state index in [0.29, 0.717) is 19.0 Å². The van der Waals surface area contributed by atoms with Crippen LogP contribution in [-0.4, -0.2) is 35.1 Å². The molecule has 2 heterocycles. The van der Waals surface area contributed by atoms with E-state index in [1.807, 2.05) is 11.4 Å². The highest BCUT2D eigenvalue weighted by Crippen LogP contribution is 2.36. The van der Waals surface area contributed by atoms with Crippen molar-refractivity contribution in [2.75, 3.05) is 13.1 Å². The zero-order valence-electron chi connectivity index (χ0n) is 12.0. The zero-order chi connectivity index (χ0) is 15.0. The molecule has 0 spiro atoms. The van der Waals surface area contributed by atoms with Crippen molar-refractivity contribution in [1.82, 2.24) is 10.2 Å². The third kappa shape index (κ3) is 2.90. The standard InChI is InChI=1S/C15H20N2O3S/c1-9(10-2-3-10)8-16-15(20)17-6-4-12-11(5-7-21-12)13(17)14(18)19/h5,7,9-10,13H,2-4,6,8H2,1H3,(H,16,20)(H,18,19). The molecule has 114 valence electrons. The number of hydrogen-bond acceptors (Lipinski definition) is 3. The van der Waals surface area contributed by atoms with E-state index >= 15 is 0 Å². The predicted molar refractivity (Wildman–Crippen MR) is 80.4 cm³/mol. The number of hydrogen-bond donors (Lipinski definition) is 2. The van der Waals surface area contributed by atoms with Gasteiger partial charge in [0.25, 0.3) is 0 Å². The van der Waals surface area contributed by atoms with E-state index in [9.17, 15) is 14.7 Å². The number of amides is 2. The van der Waals surface area contributed by atoms with Crippen LogP contribution < -0.4 is 5.32 Å². The van der Waals surface area contributed by atoms with Crippen LogP contribution in [0.1, 0.15) is 36.2 Å². The van der Waals surface area contributed by atoms with Gasteiger partial charge in [0, 0.05) is 18.0 Å². The molecule has 1 aromatic heterocycles. The lowest BCUT2D eigenvalue weighted by Crippen LogP contribution is -2.48. The molecule has 1 fully saturated rings. The molecule has 1 aromatic rings. The van der Waals surface area contributed by atoms with Gasteiger partial charge in [-0.05, 0) is 48.1 Å². The van der Waals surface area contributed by atoms with Crippen molar-refractivity contribution in [3.63, 3.8) is 0 Å². The van der Waals surface area contributed by atoms with Gasteiger partial charge in [-0.3, -0.25) is 0 Å². The Hall–Kier alpha value is -1.56. The van der Waals surface area contributed by atoms with E-state index in [4.69, 9.17) is 0 Å². The third-order valence-corrected chi connectivity index (χ3v) is 5.46. The van der Waals surface area contributed by atoms with Crippen molar-refractivity contribution < 1.29 is 14.7 Å². The number of carbonyl (C=O) groups is 2. The van der Waals surface area contributed by atoms with Crippen LogP contribution in [0.25, 0.3) is 0 Å². The summed E-state index contributed by atoms with van der Waals surface area (Å²) in [6, 6.07) is 0.716. The van der Waals surface area contributed by atoms with Crippen LogP contribution in [0, 0.1) is 11.8 Å². The Morgan fingerprint density at radius 3 is 2.95 bits per heavy atom. The van der Waals surface area contributed by atoms with Gasteiger partial charge in [0.05, 0.1) is 0 Å². The Bertz CT molecular complexity index is 553. The topological polar surface area (TPSA) is 69.6 Å². The summed E-state index contributed by atoms with van der Waals surface area (Å²) < 4.78 is 0. The van der Waals surface area contributed by atoms with Crippen LogP contribution in [0.5, 0.6) is 0 Å². The minimum absolute atomic E-state index is 0.258. The van der Waals surface area contributed by atoms with Crippen LogP contribution in [0.4, 0.5) is 4.79 Å². The molecule has 0 bridgehead atoms. The number of fused-ring (bicyclic) bond motifs is 1. The Morgan fingerprint density at radius 1 is 1.52 bits per heavy atom. The molecule has 6 heteroatoms. The van der Waals surface area contributed by atoms with Gasteiger partial charge >= 0.3 is 12.0 Å². The minimum atomic E-state index is -0.959. The van der Waals surface area contributed by atoms with Crippen LogP contribution in [0.3, 0.4) is 0 Å². The second-order valence-corrected chi connectivity index (χ2v) is 6.98. The molecule has 2 N–H and O–H groups in total. The number of thiophene rings is 1. The van der Waals surface area contributed by atoms with Crippen molar-refractivity contribution in [1.29, 1.82) is 0 Å². The summed E-state index contributed by atoms with van der Waals surface area (Å²) in [7, 11) is 0. The van der Waals surface area contributed by atoms with Crippen molar-refractivity contribution in [3.05, 3.63) is 21.9 Å². The van der Waals surface area contributed by atoms with Gasteiger partial charge in [-0.25, -0.2) is 9.59 Å². The van der Waals surface area contributed by atoms with Crippen LogP contribution in [-0.2, 0) is 11.2 Å². The minimum Gasteiger partial charge on any atom is -0.479 e. The lowest BCUT2D eigenvalue weighted by Gasteiger charge is -2.33. The summed E-state index contributed by atoms with van der Waals surface area (Å²) in [6.07, 6.45) is 3.23. The average molecular weight is 308 g/mol. The van der Waals surface area contributed by atoms with Gasteiger partial charge in [0.1, 0.15) is 0 Å². The van der Waals surface area contributed by atoms with E-state index in [1.165, 1.54) is 17.7 Å². The molecule has 1 aliphatic carbocycles. The normalized spacial score (nSPS) is 22.5. The summed E-state index contributed by atoms with van der Waals surface area (Å²) >= 11 is 1.57. The summed E-state index contributed by atoms with van der Waals surface area (Å²) in [5.41, 5.74) is 0.768. The van der Waals surface area contributed by atoms with E-state index in [-0.39, 0.29) is 6.03 Å². The van der Waals surface area contributed by atoms with Crippen molar-refractivity contribution in [3.8, 4) is 0 Å². The number of carbonyl (C=O) groups excluding carboxylic acids is 1. The third-order valence-electron chi connectivity index (χ3n) is 4.46. The Labute approximate surface area is 128 Å². The predicted octanol–water partition coefficient (Wildman–Crippen LogP) is 2.49. The molecular weight excluding hydrogens is 288 g/mol. The summed E-state index contributed by atoms with van der Waals surface area (Å²) in [6.45, 7) is 3.23. The van der Waals surface area contributed by atoms with E-state index in [0.717, 1.165) is 22.8 Å². The monoisotopic (exact) mass is 308 g/mol. The molecule has 0 aromatic carbocycles. The average Bonchev–Trinajstić information content (AvgIpc) is 3.20. The number of rotatable bonds is 4. The molecule has 0 radical (unpaired) electrons. The number of carboxylic acid groups (broad SMARTS) is 1. The smallest absolute Gasteiger partial charge is 0.331 e. The molecular formula is C15H20N2O3S. The number of aliphatic carboxylic acids is 1. The number of nitrogens with zero attached hydrogens (tertiary/aromatic N) is 1. The maximum atomic E-state index is 12.3. The van der Waals surface area contributed by atoms with Crippen LogP contribution in [0.2, 0.25) is 0 Å². The molecule has 2 amide bonds. The Morgan fingerprint density at radius 2 is 2.29 bits per heavy atom. The maximum absolute atomic E-state index is 12.3. The molecule has 2 aliphatic rings. The van der Waals surface area contributed by atoms with E-state index in [1.54, 1.807) is 11.3 Å². The summed E-state index contributed by atoms with van der Waals surface area (Å²) in [5, 5.41) is 14.3.